The highest BCUT2D eigenvalue weighted by molar-refractivity contribution is 5.81. The fourth-order valence-corrected chi connectivity index (χ4v) is 2.21. The summed E-state index contributed by atoms with van der Waals surface area (Å²) in [5, 5.41) is 12.2. The van der Waals surface area contributed by atoms with Crippen molar-refractivity contribution in [3.05, 3.63) is 35.4 Å². The summed E-state index contributed by atoms with van der Waals surface area (Å²) in [4.78, 5) is 11.1. The molecule has 1 aliphatic heterocycles. The molecule has 3 nitrogen and oxygen atoms in total. The van der Waals surface area contributed by atoms with Gasteiger partial charge in [0.15, 0.2) is 0 Å². The van der Waals surface area contributed by atoms with E-state index in [1.165, 1.54) is 11.1 Å². The summed E-state index contributed by atoms with van der Waals surface area (Å²) in [6.07, 6.45) is 1.80. The Hall–Kier alpha value is -1.35. The largest absolute Gasteiger partial charge is 0.383 e. The molecule has 0 radical (unpaired) electrons. The second kappa shape index (κ2) is 5.32. The Balaban J connectivity index is 1.82. The average Bonchev–Trinajstić information content (AvgIpc) is 2.33. The molecule has 0 saturated carbocycles. The molecule has 2 N–H and O–H groups in total. The number of carbonyl (C=O) groups excluding carboxylic acids is 1. The van der Waals surface area contributed by atoms with Crippen LogP contribution in [0.5, 0.6) is 0 Å². The van der Waals surface area contributed by atoms with Crippen LogP contribution in [0.4, 0.5) is 0 Å². The maximum Gasteiger partial charge on any atom is 0.248 e. The molecule has 1 heterocycles. The first-order valence-corrected chi connectivity index (χ1v) is 6.16. The van der Waals surface area contributed by atoms with Crippen molar-refractivity contribution in [2.75, 3.05) is 6.54 Å². The molecule has 0 spiro atoms. The smallest absolute Gasteiger partial charge is 0.248 e. The van der Waals surface area contributed by atoms with E-state index >= 15 is 0 Å². The van der Waals surface area contributed by atoms with E-state index < -0.39 is 6.10 Å². The normalized spacial score (nSPS) is 24.5. The number of hydrogen-bond donors (Lipinski definition) is 2. The summed E-state index contributed by atoms with van der Waals surface area (Å²) in [5.74, 6) is 0.167. The lowest BCUT2D eigenvalue weighted by Crippen LogP contribution is -2.44. The van der Waals surface area contributed by atoms with Crippen LogP contribution in [0.15, 0.2) is 24.3 Å². The maximum atomic E-state index is 11.1. The fourth-order valence-electron chi connectivity index (χ4n) is 2.21. The SMILES string of the molecule is Cc1ccc(CCC2CNC(=O)C(O)C2)cc1. The fraction of sp³-hybridized carbons (Fsp3) is 0.500. The average molecular weight is 233 g/mol. The zero-order chi connectivity index (χ0) is 12.3. The van der Waals surface area contributed by atoms with Gasteiger partial charge in [-0.1, -0.05) is 29.8 Å². The summed E-state index contributed by atoms with van der Waals surface area (Å²) in [6.45, 7) is 2.78. The van der Waals surface area contributed by atoms with E-state index in [9.17, 15) is 9.90 Å². The molecule has 3 heteroatoms. The molecular weight excluding hydrogens is 214 g/mol. The maximum absolute atomic E-state index is 11.1. The van der Waals surface area contributed by atoms with Crippen molar-refractivity contribution >= 4 is 5.91 Å². The van der Waals surface area contributed by atoms with Crippen molar-refractivity contribution in [1.29, 1.82) is 0 Å². The molecule has 1 aliphatic rings. The molecule has 1 amide bonds. The van der Waals surface area contributed by atoms with Gasteiger partial charge in [-0.15, -0.1) is 0 Å². The summed E-state index contributed by atoms with van der Waals surface area (Å²) in [7, 11) is 0. The van der Waals surface area contributed by atoms with Gasteiger partial charge in [0.05, 0.1) is 0 Å². The third-order valence-corrected chi connectivity index (χ3v) is 3.39. The zero-order valence-corrected chi connectivity index (χ0v) is 10.1. The number of amides is 1. The molecule has 0 aromatic heterocycles. The summed E-state index contributed by atoms with van der Waals surface area (Å²) < 4.78 is 0. The van der Waals surface area contributed by atoms with Crippen molar-refractivity contribution < 1.29 is 9.90 Å². The predicted octanol–water partition coefficient (Wildman–Crippen LogP) is 1.42. The Labute approximate surface area is 102 Å². The molecule has 0 aliphatic carbocycles. The number of aliphatic hydroxyl groups is 1. The van der Waals surface area contributed by atoms with Crippen LogP contribution >= 0.6 is 0 Å². The highest BCUT2D eigenvalue weighted by Crippen LogP contribution is 2.18. The van der Waals surface area contributed by atoms with E-state index in [-0.39, 0.29) is 5.91 Å². The molecule has 1 fully saturated rings. The molecule has 1 saturated heterocycles. The van der Waals surface area contributed by atoms with Crippen molar-refractivity contribution in [3.63, 3.8) is 0 Å². The summed E-state index contributed by atoms with van der Waals surface area (Å²) >= 11 is 0. The second-order valence-corrected chi connectivity index (χ2v) is 4.89. The first-order chi connectivity index (χ1) is 8.15. The van der Waals surface area contributed by atoms with Crippen LogP contribution in [0.2, 0.25) is 0 Å². The van der Waals surface area contributed by atoms with Gasteiger partial charge in [0.25, 0.3) is 0 Å². The zero-order valence-electron chi connectivity index (χ0n) is 10.1. The Kier molecular flexibility index (Phi) is 3.79. The molecule has 2 rings (SSSR count). The highest BCUT2D eigenvalue weighted by Gasteiger charge is 2.25. The topological polar surface area (TPSA) is 49.3 Å². The molecule has 2 atom stereocenters. The lowest BCUT2D eigenvalue weighted by molar-refractivity contribution is -0.132. The van der Waals surface area contributed by atoms with Gasteiger partial charge in [-0.3, -0.25) is 4.79 Å². The Morgan fingerprint density at radius 2 is 2.06 bits per heavy atom. The van der Waals surface area contributed by atoms with Crippen LogP contribution in [0.1, 0.15) is 24.0 Å². The van der Waals surface area contributed by atoms with E-state index in [2.05, 4.69) is 36.5 Å². The summed E-state index contributed by atoms with van der Waals surface area (Å²) in [6, 6.07) is 8.53. The molecular formula is C14H19NO2. The first-order valence-electron chi connectivity index (χ1n) is 6.16. The minimum atomic E-state index is -0.813. The predicted molar refractivity (Wildman–Crippen MR) is 66.6 cm³/mol. The second-order valence-electron chi connectivity index (χ2n) is 4.89. The van der Waals surface area contributed by atoms with E-state index in [1.807, 2.05) is 0 Å². The molecule has 17 heavy (non-hydrogen) atoms. The molecule has 0 bridgehead atoms. The molecule has 2 unspecified atom stereocenters. The number of piperidine rings is 1. The van der Waals surface area contributed by atoms with Crippen molar-refractivity contribution in [1.82, 2.24) is 5.32 Å². The number of aryl methyl sites for hydroxylation is 2. The van der Waals surface area contributed by atoms with Gasteiger partial charge in [0, 0.05) is 6.54 Å². The lowest BCUT2D eigenvalue weighted by atomic mass is 9.91. The Bertz CT molecular complexity index is 386. The van der Waals surface area contributed by atoms with Crippen molar-refractivity contribution in [2.24, 2.45) is 5.92 Å². The Morgan fingerprint density at radius 3 is 2.71 bits per heavy atom. The number of carbonyl (C=O) groups is 1. The van der Waals surface area contributed by atoms with Crippen LogP contribution in [0, 0.1) is 12.8 Å². The van der Waals surface area contributed by atoms with E-state index in [0.717, 1.165) is 12.8 Å². The highest BCUT2D eigenvalue weighted by atomic mass is 16.3. The van der Waals surface area contributed by atoms with E-state index in [1.54, 1.807) is 0 Å². The summed E-state index contributed by atoms with van der Waals surface area (Å²) in [5.41, 5.74) is 2.59. The number of aliphatic hydroxyl groups excluding tert-OH is 1. The van der Waals surface area contributed by atoms with E-state index in [4.69, 9.17) is 0 Å². The van der Waals surface area contributed by atoms with Gasteiger partial charge in [0.2, 0.25) is 5.91 Å². The van der Waals surface area contributed by atoms with Gasteiger partial charge >= 0.3 is 0 Å². The third kappa shape index (κ3) is 3.30. The molecule has 92 valence electrons. The van der Waals surface area contributed by atoms with Gasteiger partial charge < -0.3 is 10.4 Å². The van der Waals surface area contributed by atoms with Crippen LogP contribution in [0.25, 0.3) is 0 Å². The van der Waals surface area contributed by atoms with Gasteiger partial charge in [-0.25, -0.2) is 0 Å². The van der Waals surface area contributed by atoms with Gasteiger partial charge in [-0.05, 0) is 37.7 Å². The monoisotopic (exact) mass is 233 g/mol. The first kappa shape index (κ1) is 12.1. The van der Waals surface area contributed by atoms with Crippen LogP contribution in [-0.4, -0.2) is 23.7 Å². The van der Waals surface area contributed by atoms with Crippen molar-refractivity contribution in [3.8, 4) is 0 Å². The van der Waals surface area contributed by atoms with Crippen LogP contribution in [-0.2, 0) is 11.2 Å². The standard InChI is InChI=1S/C14H19NO2/c1-10-2-4-11(5-3-10)6-7-12-8-13(16)14(17)15-9-12/h2-5,12-13,16H,6-9H2,1H3,(H,15,17). The van der Waals surface area contributed by atoms with Crippen LogP contribution in [0.3, 0.4) is 0 Å². The minimum absolute atomic E-state index is 0.225. The van der Waals surface area contributed by atoms with Crippen LogP contribution < -0.4 is 5.32 Å². The minimum Gasteiger partial charge on any atom is -0.383 e. The number of rotatable bonds is 3. The van der Waals surface area contributed by atoms with Crippen molar-refractivity contribution in [2.45, 2.75) is 32.3 Å². The quantitative estimate of drug-likeness (QED) is 0.829. The van der Waals surface area contributed by atoms with Gasteiger partial charge in [0.1, 0.15) is 6.10 Å². The van der Waals surface area contributed by atoms with E-state index in [0.29, 0.717) is 18.9 Å². The number of hydrogen-bond acceptors (Lipinski definition) is 2. The lowest BCUT2D eigenvalue weighted by Gasteiger charge is -2.26. The van der Waals surface area contributed by atoms with Gasteiger partial charge in [-0.2, -0.15) is 0 Å². The number of benzene rings is 1. The Morgan fingerprint density at radius 1 is 1.35 bits per heavy atom. The molecule has 1 aromatic carbocycles. The third-order valence-electron chi connectivity index (χ3n) is 3.39. The number of nitrogens with one attached hydrogen (secondary N) is 1. The molecule has 1 aromatic rings.